The number of aliphatic imine (C=N–C) groups is 1. The highest BCUT2D eigenvalue weighted by atomic mass is 79.9. The van der Waals surface area contributed by atoms with Gasteiger partial charge in [-0.25, -0.2) is 10.4 Å². The van der Waals surface area contributed by atoms with Crippen LogP contribution >= 0.6 is 39.1 Å². The summed E-state index contributed by atoms with van der Waals surface area (Å²) in [5, 5.41) is 9.89. The Morgan fingerprint density at radius 1 is 1.10 bits per heavy atom. The molecule has 0 unspecified atom stereocenters. The number of carbonyl (C=O) groups excluding carboxylic acids is 1. The van der Waals surface area contributed by atoms with E-state index in [1.54, 1.807) is 18.2 Å². The van der Waals surface area contributed by atoms with Gasteiger partial charge in [0, 0.05) is 51.6 Å². The second kappa shape index (κ2) is 15.0. The van der Waals surface area contributed by atoms with Crippen LogP contribution in [-0.4, -0.2) is 42.2 Å². The Morgan fingerprint density at radius 2 is 1.88 bits per heavy atom. The SMILES string of the molecule is CCCCCNNC(=O)[C@@]1(Cc2ccccc2Br)N=C(c2ccc(OCCCO)cc2)O[C@H]1c1ccc(Cl)cc1Cl. The third kappa shape index (κ3) is 7.81. The van der Waals surface area contributed by atoms with Crippen molar-refractivity contribution in [2.75, 3.05) is 19.8 Å². The van der Waals surface area contributed by atoms with Crippen LogP contribution < -0.4 is 15.6 Å². The van der Waals surface area contributed by atoms with Gasteiger partial charge in [-0.3, -0.25) is 10.2 Å². The van der Waals surface area contributed by atoms with Crippen LogP contribution in [0, 0.1) is 0 Å². The van der Waals surface area contributed by atoms with Crippen LogP contribution in [0.3, 0.4) is 0 Å². The molecule has 1 amide bonds. The van der Waals surface area contributed by atoms with Gasteiger partial charge in [-0.2, -0.15) is 0 Å². The number of nitrogens with one attached hydrogen (secondary N) is 2. The Labute approximate surface area is 259 Å². The quantitative estimate of drug-likeness (QED) is 0.130. The number of unbranched alkanes of at least 4 members (excludes halogenated alkanes) is 2. The minimum absolute atomic E-state index is 0.0620. The van der Waals surface area contributed by atoms with Crippen molar-refractivity contribution >= 4 is 50.9 Å². The van der Waals surface area contributed by atoms with Crippen molar-refractivity contribution in [3.63, 3.8) is 0 Å². The lowest BCUT2D eigenvalue weighted by Crippen LogP contribution is -2.54. The molecule has 2 atom stereocenters. The summed E-state index contributed by atoms with van der Waals surface area (Å²) in [6.45, 7) is 3.23. The number of hydrazine groups is 1. The van der Waals surface area contributed by atoms with E-state index in [0.29, 0.717) is 52.4 Å². The van der Waals surface area contributed by atoms with Gasteiger partial charge >= 0.3 is 0 Å². The average molecular weight is 663 g/mol. The summed E-state index contributed by atoms with van der Waals surface area (Å²) < 4.78 is 13.1. The minimum atomic E-state index is -1.40. The lowest BCUT2D eigenvalue weighted by molar-refractivity contribution is -0.130. The lowest BCUT2D eigenvalue weighted by Gasteiger charge is -2.31. The molecular weight excluding hydrogens is 629 g/mol. The number of halogens is 3. The van der Waals surface area contributed by atoms with Gasteiger partial charge in [0.15, 0.2) is 11.6 Å². The fourth-order valence-corrected chi connectivity index (χ4v) is 5.55. The van der Waals surface area contributed by atoms with Crippen LogP contribution in [0.15, 0.2) is 76.2 Å². The van der Waals surface area contributed by atoms with E-state index in [1.165, 1.54) is 0 Å². The van der Waals surface area contributed by atoms with Crippen LogP contribution in [0.4, 0.5) is 0 Å². The first kappa shape index (κ1) is 31.3. The van der Waals surface area contributed by atoms with Gasteiger partial charge < -0.3 is 14.6 Å². The van der Waals surface area contributed by atoms with Crippen molar-refractivity contribution in [1.29, 1.82) is 0 Å². The summed E-state index contributed by atoms with van der Waals surface area (Å²) in [4.78, 5) is 19.2. The number of carbonyl (C=O) groups is 1. The summed E-state index contributed by atoms with van der Waals surface area (Å²) in [7, 11) is 0. The van der Waals surface area contributed by atoms with Crippen LogP contribution in [0.2, 0.25) is 10.0 Å². The molecular formula is C31H34BrCl2N3O4. The predicted molar refractivity (Wildman–Crippen MR) is 167 cm³/mol. The van der Waals surface area contributed by atoms with E-state index in [9.17, 15) is 4.79 Å². The fraction of sp³-hybridized carbons (Fsp3) is 0.355. The first-order valence-electron chi connectivity index (χ1n) is 13.7. The van der Waals surface area contributed by atoms with E-state index in [2.05, 4.69) is 33.7 Å². The van der Waals surface area contributed by atoms with Gasteiger partial charge in [-0.15, -0.1) is 0 Å². The van der Waals surface area contributed by atoms with Crippen molar-refractivity contribution in [3.05, 3.63) is 97.9 Å². The van der Waals surface area contributed by atoms with Gasteiger partial charge in [0.05, 0.1) is 6.61 Å². The van der Waals surface area contributed by atoms with E-state index in [-0.39, 0.29) is 18.9 Å². The molecule has 0 bridgehead atoms. The van der Waals surface area contributed by atoms with Gasteiger partial charge in [0.1, 0.15) is 5.75 Å². The molecule has 1 aliphatic heterocycles. The van der Waals surface area contributed by atoms with E-state index in [0.717, 1.165) is 29.3 Å². The minimum Gasteiger partial charge on any atom is -0.494 e. The van der Waals surface area contributed by atoms with Crippen molar-refractivity contribution < 1.29 is 19.4 Å². The molecule has 0 spiro atoms. The molecule has 3 aromatic rings. The predicted octanol–water partition coefficient (Wildman–Crippen LogP) is 6.83. The Morgan fingerprint density at radius 3 is 2.59 bits per heavy atom. The van der Waals surface area contributed by atoms with Crippen molar-refractivity contribution in [2.45, 2.75) is 50.7 Å². The third-order valence-corrected chi connectivity index (χ3v) is 8.14. The van der Waals surface area contributed by atoms with Crippen LogP contribution in [-0.2, 0) is 16.0 Å². The van der Waals surface area contributed by atoms with Gasteiger partial charge in [-0.05, 0) is 54.4 Å². The molecule has 4 rings (SSSR count). The molecule has 3 aromatic carbocycles. The maximum atomic E-state index is 14.2. The topological polar surface area (TPSA) is 92.2 Å². The van der Waals surface area contributed by atoms with E-state index < -0.39 is 11.6 Å². The number of aliphatic hydroxyl groups is 1. The zero-order valence-electron chi connectivity index (χ0n) is 22.8. The van der Waals surface area contributed by atoms with Gasteiger partial charge in [0.2, 0.25) is 5.90 Å². The number of amides is 1. The van der Waals surface area contributed by atoms with Crippen molar-refractivity contribution in [1.82, 2.24) is 10.9 Å². The summed E-state index contributed by atoms with van der Waals surface area (Å²) in [6.07, 6.45) is 3.00. The number of aliphatic hydroxyl groups excluding tert-OH is 1. The van der Waals surface area contributed by atoms with E-state index >= 15 is 0 Å². The zero-order valence-corrected chi connectivity index (χ0v) is 25.9. The number of rotatable bonds is 14. The summed E-state index contributed by atoms with van der Waals surface area (Å²) >= 11 is 16.6. The Balaban J connectivity index is 1.76. The lowest BCUT2D eigenvalue weighted by atomic mass is 9.82. The molecule has 3 N–H and O–H groups in total. The summed E-state index contributed by atoms with van der Waals surface area (Å²) in [5.41, 5.74) is 6.77. The molecule has 0 aromatic heterocycles. The average Bonchev–Trinajstić information content (AvgIpc) is 3.34. The normalized spacial score (nSPS) is 18.1. The summed E-state index contributed by atoms with van der Waals surface area (Å²) in [5.74, 6) is 0.641. The molecule has 0 radical (unpaired) electrons. The van der Waals surface area contributed by atoms with Crippen molar-refractivity contribution in [2.24, 2.45) is 4.99 Å². The molecule has 7 nitrogen and oxygen atoms in total. The van der Waals surface area contributed by atoms with Crippen LogP contribution in [0.1, 0.15) is 55.4 Å². The zero-order chi connectivity index (χ0) is 29.2. The summed E-state index contributed by atoms with van der Waals surface area (Å²) in [6, 6.07) is 20.2. The highest BCUT2D eigenvalue weighted by molar-refractivity contribution is 9.10. The van der Waals surface area contributed by atoms with Gasteiger partial charge in [-0.1, -0.05) is 83.2 Å². The standard InChI is InChI=1S/C31H34BrCl2N3O4/c1-2-3-6-16-35-37-30(39)31(20-22-8-4-5-9-26(22)32)28(25-15-12-23(33)19-27(25)34)41-29(36-31)21-10-13-24(14-11-21)40-18-7-17-38/h4-5,8-15,19,28,35,38H,2-3,6-7,16-18,20H2,1H3,(H,37,39)/t28-,31-/m0/s1. The molecule has 10 heteroatoms. The van der Waals surface area contributed by atoms with E-state index in [1.807, 2.05) is 48.5 Å². The van der Waals surface area contributed by atoms with Gasteiger partial charge in [0.25, 0.3) is 5.91 Å². The Hall–Kier alpha value is -2.62. The maximum Gasteiger partial charge on any atom is 0.266 e. The molecule has 0 saturated heterocycles. The first-order valence-corrected chi connectivity index (χ1v) is 15.2. The first-order chi connectivity index (χ1) is 19.9. The largest absolute Gasteiger partial charge is 0.494 e. The number of hydrogen-bond acceptors (Lipinski definition) is 6. The monoisotopic (exact) mass is 661 g/mol. The molecule has 1 heterocycles. The second-order valence-corrected chi connectivity index (χ2v) is 11.5. The van der Waals surface area contributed by atoms with Crippen LogP contribution in [0.25, 0.3) is 0 Å². The smallest absolute Gasteiger partial charge is 0.266 e. The maximum absolute atomic E-state index is 14.2. The Kier molecular flexibility index (Phi) is 11.5. The number of hydrogen-bond donors (Lipinski definition) is 3. The number of nitrogens with zero attached hydrogens (tertiary/aromatic N) is 1. The highest BCUT2D eigenvalue weighted by Gasteiger charge is 2.54. The number of ether oxygens (including phenoxy) is 2. The number of benzene rings is 3. The highest BCUT2D eigenvalue weighted by Crippen LogP contribution is 2.45. The third-order valence-electron chi connectivity index (χ3n) is 6.80. The molecule has 218 valence electrons. The van der Waals surface area contributed by atoms with E-state index in [4.69, 9.17) is 42.8 Å². The molecule has 41 heavy (non-hydrogen) atoms. The van der Waals surface area contributed by atoms with Crippen LogP contribution in [0.5, 0.6) is 5.75 Å². The Bertz CT molecular complexity index is 1360. The molecule has 0 aliphatic carbocycles. The van der Waals surface area contributed by atoms with Crippen molar-refractivity contribution in [3.8, 4) is 5.75 Å². The molecule has 1 aliphatic rings. The molecule has 0 saturated carbocycles. The molecule has 0 fully saturated rings. The second-order valence-electron chi connectivity index (χ2n) is 9.81. The fourth-order valence-electron chi connectivity index (χ4n) is 4.62.